The monoisotopic (exact) mass is 292 g/mol. The van der Waals surface area contributed by atoms with Gasteiger partial charge in [0.05, 0.1) is 6.10 Å². The Kier molecular flexibility index (Phi) is 4.96. The molecule has 0 saturated heterocycles. The topological polar surface area (TPSA) is 55.8 Å². The summed E-state index contributed by atoms with van der Waals surface area (Å²) in [7, 11) is -4.15. The van der Waals surface area contributed by atoms with E-state index in [-0.39, 0.29) is 0 Å². The third-order valence-electron chi connectivity index (χ3n) is 2.77. The molecule has 0 aliphatic carbocycles. The molecule has 2 atom stereocenters. The molecule has 2 aromatic rings. The molecule has 5 heteroatoms. The first-order valence-corrected chi connectivity index (χ1v) is 7.91. The number of phosphoric acid groups is 1. The SMILES string of the molecule is CCC(OP(=O)(O)Oc1ccccc1)c1ccccc1. The predicted octanol–water partition coefficient (Wildman–Crippen LogP) is 4.33. The number of phosphoric ester groups is 1. The van der Waals surface area contributed by atoms with Crippen molar-refractivity contribution in [2.45, 2.75) is 19.4 Å². The minimum Gasteiger partial charge on any atom is -0.404 e. The molecule has 0 amide bonds. The maximum Gasteiger partial charge on any atom is 0.528 e. The first-order valence-electron chi connectivity index (χ1n) is 6.41. The zero-order valence-corrected chi connectivity index (χ0v) is 12.1. The molecule has 0 radical (unpaired) electrons. The highest BCUT2D eigenvalue weighted by molar-refractivity contribution is 7.47. The van der Waals surface area contributed by atoms with Gasteiger partial charge in [-0.15, -0.1) is 0 Å². The van der Waals surface area contributed by atoms with Gasteiger partial charge < -0.3 is 4.52 Å². The highest BCUT2D eigenvalue weighted by Gasteiger charge is 2.28. The third kappa shape index (κ3) is 4.20. The van der Waals surface area contributed by atoms with Crippen LogP contribution in [0.5, 0.6) is 5.75 Å². The summed E-state index contributed by atoms with van der Waals surface area (Å²) in [6.07, 6.45) is 0.0999. The molecule has 2 rings (SSSR count). The minimum absolute atomic E-state index is 0.307. The van der Waals surface area contributed by atoms with Crippen molar-refractivity contribution in [3.05, 3.63) is 66.2 Å². The van der Waals surface area contributed by atoms with Crippen LogP contribution >= 0.6 is 7.82 Å². The molecular formula is C15H17O4P. The van der Waals surface area contributed by atoms with Crippen molar-refractivity contribution in [2.75, 3.05) is 0 Å². The Bertz CT molecular complexity index is 571. The van der Waals surface area contributed by atoms with Gasteiger partial charge in [-0.25, -0.2) is 4.57 Å². The smallest absolute Gasteiger partial charge is 0.404 e. The van der Waals surface area contributed by atoms with Crippen LogP contribution in [0.1, 0.15) is 25.0 Å². The molecule has 2 unspecified atom stereocenters. The highest BCUT2D eigenvalue weighted by atomic mass is 31.2. The Balaban J connectivity index is 2.08. The van der Waals surface area contributed by atoms with Crippen molar-refractivity contribution in [2.24, 2.45) is 0 Å². The van der Waals surface area contributed by atoms with Crippen molar-refractivity contribution < 1.29 is 18.5 Å². The lowest BCUT2D eigenvalue weighted by molar-refractivity contribution is 0.135. The number of para-hydroxylation sites is 1. The molecule has 0 bridgehead atoms. The predicted molar refractivity (Wildman–Crippen MR) is 77.5 cm³/mol. The molecule has 106 valence electrons. The molecule has 2 aromatic carbocycles. The van der Waals surface area contributed by atoms with Crippen LogP contribution < -0.4 is 4.52 Å². The van der Waals surface area contributed by atoms with Crippen molar-refractivity contribution in [3.63, 3.8) is 0 Å². The average Bonchev–Trinajstić information content (AvgIpc) is 2.46. The first-order chi connectivity index (χ1) is 9.61. The van der Waals surface area contributed by atoms with Gasteiger partial charge in [0.15, 0.2) is 0 Å². The molecule has 0 spiro atoms. The summed E-state index contributed by atoms with van der Waals surface area (Å²) in [5.41, 5.74) is 0.848. The van der Waals surface area contributed by atoms with Crippen LogP contribution in [0, 0.1) is 0 Å². The van der Waals surface area contributed by atoms with E-state index in [0.29, 0.717) is 12.2 Å². The number of hydrogen-bond acceptors (Lipinski definition) is 3. The molecule has 0 saturated carbocycles. The van der Waals surface area contributed by atoms with Crippen LogP contribution in [0.25, 0.3) is 0 Å². The summed E-state index contributed by atoms with van der Waals surface area (Å²) in [6.45, 7) is 1.89. The van der Waals surface area contributed by atoms with Gasteiger partial charge in [-0.2, -0.15) is 0 Å². The molecule has 0 aliphatic rings. The molecule has 0 heterocycles. The number of benzene rings is 2. The van der Waals surface area contributed by atoms with Crippen LogP contribution in [0.2, 0.25) is 0 Å². The molecular weight excluding hydrogens is 275 g/mol. The Morgan fingerprint density at radius 2 is 1.60 bits per heavy atom. The zero-order chi connectivity index (χ0) is 14.4. The van der Waals surface area contributed by atoms with Crippen molar-refractivity contribution in [3.8, 4) is 5.75 Å². The zero-order valence-electron chi connectivity index (χ0n) is 11.2. The Morgan fingerprint density at radius 1 is 1.05 bits per heavy atom. The minimum atomic E-state index is -4.15. The van der Waals surface area contributed by atoms with E-state index in [9.17, 15) is 9.46 Å². The van der Waals surface area contributed by atoms with E-state index >= 15 is 0 Å². The molecule has 20 heavy (non-hydrogen) atoms. The standard InChI is InChI=1S/C15H17O4P/c1-2-15(13-9-5-3-6-10-13)19-20(16,17)18-14-11-7-4-8-12-14/h3-12,15H,2H2,1H3,(H,16,17). The number of rotatable bonds is 6. The van der Waals surface area contributed by atoms with Gasteiger partial charge in [0.1, 0.15) is 5.75 Å². The van der Waals surface area contributed by atoms with Gasteiger partial charge in [0, 0.05) is 0 Å². The Labute approximate surface area is 118 Å². The highest BCUT2D eigenvalue weighted by Crippen LogP contribution is 2.48. The summed E-state index contributed by atoms with van der Waals surface area (Å²) < 4.78 is 22.3. The Hall–Kier alpha value is -1.61. The Morgan fingerprint density at radius 3 is 2.15 bits per heavy atom. The fraction of sp³-hybridized carbons (Fsp3) is 0.200. The largest absolute Gasteiger partial charge is 0.528 e. The molecule has 0 aromatic heterocycles. The maximum atomic E-state index is 12.0. The normalized spacial score (nSPS) is 15.3. The fourth-order valence-electron chi connectivity index (χ4n) is 1.84. The molecule has 4 nitrogen and oxygen atoms in total. The van der Waals surface area contributed by atoms with Gasteiger partial charge in [-0.1, -0.05) is 55.5 Å². The van der Waals surface area contributed by atoms with E-state index < -0.39 is 13.9 Å². The van der Waals surface area contributed by atoms with E-state index in [0.717, 1.165) is 5.56 Å². The van der Waals surface area contributed by atoms with Gasteiger partial charge in [-0.3, -0.25) is 9.42 Å². The fourth-order valence-corrected chi connectivity index (χ4v) is 2.86. The van der Waals surface area contributed by atoms with Crippen LogP contribution in [0.15, 0.2) is 60.7 Å². The van der Waals surface area contributed by atoms with E-state index in [2.05, 4.69) is 0 Å². The van der Waals surface area contributed by atoms with Crippen molar-refractivity contribution >= 4 is 7.82 Å². The molecule has 0 aliphatic heterocycles. The van der Waals surface area contributed by atoms with E-state index in [1.807, 2.05) is 37.3 Å². The van der Waals surface area contributed by atoms with E-state index in [4.69, 9.17) is 9.05 Å². The third-order valence-corrected chi connectivity index (χ3v) is 3.73. The lowest BCUT2D eigenvalue weighted by Crippen LogP contribution is -2.05. The quantitative estimate of drug-likeness (QED) is 0.805. The van der Waals surface area contributed by atoms with E-state index in [1.54, 1.807) is 30.3 Å². The van der Waals surface area contributed by atoms with Crippen LogP contribution in [0.3, 0.4) is 0 Å². The van der Waals surface area contributed by atoms with Gasteiger partial charge in [0.2, 0.25) is 0 Å². The summed E-state index contributed by atoms with van der Waals surface area (Å²) in [5, 5.41) is 0. The van der Waals surface area contributed by atoms with Crippen LogP contribution in [0.4, 0.5) is 0 Å². The second kappa shape index (κ2) is 6.71. The lowest BCUT2D eigenvalue weighted by Gasteiger charge is -2.20. The van der Waals surface area contributed by atoms with Gasteiger partial charge in [-0.05, 0) is 24.1 Å². The summed E-state index contributed by atoms with van der Waals surface area (Å²) in [5.74, 6) is 0.307. The van der Waals surface area contributed by atoms with Crippen molar-refractivity contribution in [1.29, 1.82) is 0 Å². The van der Waals surface area contributed by atoms with Crippen LogP contribution in [-0.4, -0.2) is 4.89 Å². The summed E-state index contributed by atoms with van der Waals surface area (Å²) in [6, 6.07) is 17.8. The summed E-state index contributed by atoms with van der Waals surface area (Å²) >= 11 is 0. The second-order valence-corrected chi connectivity index (χ2v) is 5.62. The van der Waals surface area contributed by atoms with Crippen molar-refractivity contribution in [1.82, 2.24) is 0 Å². The van der Waals surface area contributed by atoms with Gasteiger partial charge >= 0.3 is 7.82 Å². The average molecular weight is 292 g/mol. The lowest BCUT2D eigenvalue weighted by atomic mass is 10.1. The second-order valence-electron chi connectivity index (χ2n) is 4.29. The molecule has 1 N–H and O–H groups in total. The number of hydrogen-bond donors (Lipinski definition) is 1. The van der Waals surface area contributed by atoms with Crippen LogP contribution in [-0.2, 0) is 9.09 Å². The van der Waals surface area contributed by atoms with E-state index in [1.165, 1.54) is 0 Å². The summed E-state index contributed by atoms with van der Waals surface area (Å²) in [4.78, 5) is 9.84. The maximum absolute atomic E-state index is 12.0. The molecule has 0 fully saturated rings. The van der Waals surface area contributed by atoms with Gasteiger partial charge in [0.25, 0.3) is 0 Å². The first kappa shape index (κ1) is 14.8.